The van der Waals surface area contributed by atoms with E-state index in [2.05, 4.69) is 72.9 Å². The molecule has 96 valence electrons. The third-order valence-electron chi connectivity index (χ3n) is 3.12. The Labute approximate surface area is 120 Å². The zero-order valence-corrected chi connectivity index (χ0v) is 13.3. The molecule has 1 aromatic rings. The molecule has 0 amide bonds. The fourth-order valence-electron chi connectivity index (χ4n) is 2.32. The Morgan fingerprint density at radius 1 is 1.29 bits per heavy atom. The van der Waals surface area contributed by atoms with Gasteiger partial charge in [-0.1, -0.05) is 45.7 Å². The molecule has 2 heteroatoms. The van der Waals surface area contributed by atoms with Crippen molar-refractivity contribution in [1.29, 1.82) is 0 Å². The standard InChI is InChI=1S/C15H24IN/c1-4-7-12(3)10-15(17-5-2)13-8-6-9-14(16)11-13/h6,8-9,11-12,15,17H,4-5,7,10H2,1-3H3. The van der Waals surface area contributed by atoms with Gasteiger partial charge in [0.15, 0.2) is 0 Å². The molecule has 1 aromatic carbocycles. The van der Waals surface area contributed by atoms with E-state index in [1.165, 1.54) is 28.4 Å². The lowest BCUT2D eigenvalue weighted by molar-refractivity contribution is 0.395. The molecule has 0 aromatic heterocycles. The zero-order chi connectivity index (χ0) is 12.7. The topological polar surface area (TPSA) is 12.0 Å². The number of nitrogens with one attached hydrogen (secondary N) is 1. The van der Waals surface area contributed by atoms with E-state index in [-0.39, 0.29) is 0 Å². The summed E-state index contributed by atoms with van der Waals surface area (Å²) in [6, 6.07) is 9.37. The summed E-state index contributed by atoms with van der Waals surface area (Å²) in [4.78, 5) is 0. The lowest BCUT2D eigenvalue weighted by Crippen LogP contribution is -2.23. The first-order chi connectivity index (χ1) is 8.17. The van der Waals surface area contributed by atoms with E-state index >= 15 is 0 Å². The molecule has 17 heavy (non-hydrogen) atoms. The maximum atomic E-state index is 3.61. The van der Waals surface area contributed by atoms with Crippen molar-refractivity contribution >= 4 is 22.6 Å². The van der Waals surface area contributed by atoms with Crippen molar-refractivity contribution in [2.24, 2.45) is 5.92 Å². The summed E-state index contributed by atoms with van der Waals surface area (Å²) >= 11 is 2.39. The maximum absolute atomic E-state index is 3.61. The molecule has 0 saturated carbocycles. The Kier molecular flexibility index (Phi) is 7.12. The maximum Gasteiger partial charge on any atom is 0.0323 e. The van der Waals surface area contributed by atoms with E-state index in [1.54, 1.807) is 0 Å². The van der Waals surface area contributed by atoms with Gasteiger partial charge in [0.05, 0.1) is 0 Å². The predicted octanol–water partition coefficient (Wildman–Crippen LogP) is 4.77. The fourth-order valence-corrected chi connectivity index (χ4v) is 2.89. The average molecular weight is 345 g/mol. The minimum Gasteiger partial charge on any atom is -0.310 e. The normalized spacial score (nSPS) is 14.6. The van der Waals surface area contributed by atoms with Crippen LogP contribution in [0.2, 0.25) is 0 Å². The SMILES string of the molecule is CCCC(C)CC(NCC)c1cccc(I)c1. The molecule has 1 rings (SSSR count). The summed E-state index contributed by atoms with van der Waals surface area (Å²) in [5.41, 5.74) is 1.43. The lowest BCUT2D eigenvalue weighted by Gasteiger charge is -2.22. The van der Waals surface area contributed by atoms with Gasteiger partial charge in [-0.3, -0.25) is 0 Å². The van der Waals surface area contributed by atoms with Crippen molar-refractivity contribution in [3.63, 3.8) is 0 Å². The average Bonchev–Trinajstić information content (AvgIpc) is 2.29. The van der Waals surface area contributed by atoms with Crippen LogP contribution in [-0.2, 0) is 0 Å². The molecule has 0 aliphatic carbocycles. The summed E-state index contributed by atoms with van der Waals surface area (Å²) in [7, 11) is 0. The quantitative estimate of drug-likeness (QED) is 0.702. The lowest BCUT2D eigenvalue weighted by atomic mass is 9.93. The second-order valence-corrected chi connectivity index (χ2v) is 6.04. The molecule has 0 bridgehead atoms. The molecule has 2 atom stereocenters. The molecule has 0 radical (unpaired) electrons. The van der Waals surface area contributed by atoms with Crippen molar-refractivity contribution < 1.29 is 0 Å². The van der Waals surface area contributed by atoms with Crippen molar-refractivity contribution in [2.75, 3.05) is 6.54 Å². The Morgan fingerprint density at radius 2 is 2.06 bits per heavy atom. The molecular weight excluding hydrogens is 321 g/mol. The first-order valence-corrected chi connectivity index (χ1v) is 7.74. The van der Waals surface area contributed by atoms with Crippen LogP contribution in [0, 0.1) is 9.49 Å². The molecule has 0 saturated heterocycles. The van der Waals surface area contributed by atoms with Gasteiger partial charge in [0.1, 0.15) is 0 Å². The van der Waals surface area contributed by atoms with E-state index in [9.17, 15) is 0 Å². The first kappa shape index (κ1) is 15.0. The van der Waals surface area contributed by atoms with Gasteiger partial charge in [0.25, 0.3) is 0 Å². The zero-order valence-electron chi connectivity index (χ0n) is 11.2. The molecule has 0 aliphatic heterocycles. The Bertz CT molecular complexity index is 324. The molecule has 2 unspecified atom stereocenters. The van der Waals surface area contributed by atoms with Crippen molar-refractivity contribution in [1.82, 2.24) is 5.32 Å². The van der Waals surface area contributed by atoms with E-state index in [1.807, 2.05) is 0 Å². The minimum absolute atomic E-state index is 0.510. The van der Waals surface area contributed by atoms with E-state index in [0.29, 0.717) is 6.04 Å². The Balaban J connectivity index is 2.71. The second kappa shape index (κ2) is 8.09. The molecule has 1 nitrogen and oxygen atoms in total. The monoisotopic (exact) mass is 345 g/mol. The van der Waals surface area contributed by atoms with Crippen molar-refractivity contribution in [2.45, 2.75) is 46.1 Å². The van der Waals surface area contributed by atoms with Gasteiger partial charge in [-0.25, -0.2) is 0 Å². The van der Waals surface area contributed by atoms with Crippen LogP contribution < -0.4 is 5.32 Å². The van der Waals surface area contributed by atoms with Gasteiger partial charge >= 0.3 is 0 Å². The minimum atomic E-state index is 0.510. The number of halogens is 1. The summed E-state index contributed by atoms with van der Waals surface area (Å²) in [5.74, 6) is 0.793. The number of hydrogen-bond donors (Lipinski definition) is 1. The highest BCUT2D eigenvalue weighted by Crippen LogP contribution is 2.24. The third-order valence-corrected chi connectivity index (χ3v) is 3.79. The number of hydrogen-bond acceptors (Lipinski definition) is 1. The van der Waals surface area contributed by atoms with Crippen LogP contribution in [0.25, 0.3) is 0 Å². The van der Waals surface area contributed by atoms with E-state index < -0.39 is 0 Å². The fraction of sp³-hybridized carbons (Fsp3) is 0.600. The molecule has 0 aliphatic rings. The smallest absolute Gasteiger partial charge is 0.0323 e. The molecule has 0 spiro atoms. The molecule has 0 heterocycles. The van der Waals surface area contributed by atoms with E-state index in [4.69, 9.17) is 0 Å². The van der Waals surface area contributed by atoms with Gasteiger partial charge in [-0.15, -0.1) is 0 Å². The largest absolute Gasteiger partial charge is 0.310 e. The second-order valence-electron chi connectivity index (χ2n) is 4.79. The molecule has 0 fully saturated rings. The van der Waals surface area contributed by atoms with Gasteiger partial charge < -0.3 is 5.32 Å². The summed E-state index contributed by atoms with van der Waals surface area (Å²) in [6.45, 7) is 7.85. The molecule has 1 N–H and O–H groups in total. The number of benzene rings is 1. The van der Waals surface area contributed by atoms with Crippen LogP contribution in [0.5, 0.6) is 0 Å². The van der Waals surface area contributed by atoms with Crippen LogP contribution in [0.1, 0.15) is 51.6 Å². The first-order valence-electron chi connectivity index (χ1n) is 6.66. The van der Waals surface area contributed by atoms with Gasteiger partial charge in [0, 0.05) is 9.61 Å². The van der Waals surface area contributed by atoms with Crippen molar-refractivity contribution in [3.05, 3.63) is 33.4 Å². The van der Waals surface area contributed by atoms with Crippen LogP contribution in [0.4, 0.5) is 0 Å². The Morgan fingerprint density at radius 3 is 2.65 bits per heavy atom. The molecular formula is C15H24IN. The van der Waals surface area contributed by atoms with Crippen molar-refractivity contribution in [3.8, 4) is 0 Å². The van der Waals surface area contributed by atoms with Crippen LogP contribution >= 0.6 is 22.6 Å². The van der Waals surface area contributed by atoms with Gasteiger partial charge in [-0.2, -0.15) is 0 Å². The summed E-state index contributed by atoms with van der Waals surface area (Å²) in [5, 5.41) is 3.61. The van der Waals surface area contributed by atoms with Crippen LogP contribution in [0.15, 0.2) is 24.3 Å². The predicted molar refractivity (Wildman–Crippen MR) is 84.3 cm³/mol. The highest BCUT2D eigenvalue weighted by Gasteiger charge is 2.14. The summed E-state index contributed by atoms with van der Waals surface area (Å²) < 4.78 is 1.33. The van der Waals surface area contributed by atoms with Crippen LogP contribution in [0.3, 0.4) is 0 Å². The summed E-state index contributed by atoms with van der Waals surface area (Å²) in [6.07, 6.45) is 3.85. The van der Waals surface area contributed by atoms with Gasteiger partial charge in [0.2, 0.25) is 0 Å². The van der Waals surface area contributed by atoms with Gasteiger partial charge in [-0.05, 0) is 59.2 Å². The highest BCUT2D eigenvalue weighted by molar-refractivity contribution is 14.1. The Hall–Kier alpha value is -0.0900. The van der Waals surface area contributed by atoms with E-state index in [0.717, 1.165) is 12.5 Å². The van der Waals surface area contributed by atoms with Crippen LogP contribution in [-0.4, -0.2) is 6.54 Å². The number of rotatable bonds is 7. The highest BCUT2D eigenvalue weighted by atomic mass is 127. The third kappa shape index (κ3) is 5.38.